The number of halogens is 3. The summed E-state index contributed by atoms with van der Waals surface area (Å²) in [4.78, 5) is -0.0594. The van der Waals surface area contributed by atoms with E-state index in [4.69, 9.17) is 28.9 Å². The molecule has 0 radical (unpaired) electrons. The van der Waals surface area contributed by atoms with E-state index in [0.29, 0.717) is 4.47 Å². The predicted molar refractivity (Wildman–Crippen MR) is 68.4 cm³/mol. The van der Waals surface area contributed by atoms with Crippen molar-refractivity contribution in [1.82, 2.24) is 4.72 Å². The monoisotopic (exact) mass is 346 g/mol. The van der Waals surface area contributed by atoms with Gasteiger partial charge >= 0.3 is 0 Å². The molecule has 0 saturated carbocycles. The zero-order valence-electron chi connectivity index (χ0n) is 8.00. The first kappa shape index (κ1) is 14.2. The maximum absolute atomic E-state index is 11.8. The molecule has 0 atom stereocenters. The molecule has 3 N–H and O–H groups in total. The fraction of sp³-hybridized carbons (Fsp3) is 0.250. The van der Waals surface area contributed by atoms with Crippen molar-refractivity contribution < 1.29 is 8.42 Å². The number of rotatable bonds is 4. The Bertz CT molecular complexity index is 493. The Morgan fingerprint density at radius 1 is 1.31 bits per heavy atom. The van der Waals surface area contributed by atoms with Crippen molar-refractivity contribution in [3.05, 3.63) is 26.7 Å². The lowest BCUT2D eigenvalue weighted by Crippen LogP contribution is -2.29. The third-order valence-electron chi connectivity index (χ3n) is 1.73. The van der Waals surface area contributed by atoms with Gasteiger partial charge in [0.15, 0.2) is 0 Å². The highest BCUT2D eigenvalue weighted by Gasteiger charge is 2.20. The molecule has 0 bridgehead atoms. The minimum Gasteiger partial charge on any atom is -0.329 e. The van der Waals surface area contributed by atoms with Crippen LogP contribution in [0.5, 0.6) is 0 Å². The topological polar surface area (TPSA) is 72.2 Å². The van der Waals surface area contributed by atoms with Crippen molar-refractivity contribution in [2.45, 2.75) is 4.90 Å². The summed E-state index contributed by atoms with van der Waals surface area (Å²) >= 11 is 14.8. The van der Waals surface area contributed by atoms with Crippen LogP contribution in [-0.2, 0) is 10.0 Å². The molecule has 0 aliphatic rings. The molecule has 8 heteroatoms. The highest BCUT2D eigenvalue weighted by Crippen LogP contribution is 2.34. The second-order valence-corrected chi connectivity index (χ2v) is 6.21. The van der Waals surface area contributed by atoms with E-state index in [2.05, 4.69) is 20.7 Å². The molecule has 0 amide bonds. The van der Waals surface area contributed by atoms with Gasteiger partial charge in [-0.15, -0.1) is 0 Å². The molecule has 0 aliphatic carbocycles. The van der Waals surface area contributed by atoms with Crippen molar-refractivity contribution >= 4 is 49.2 Å². The van der Waals surface area contributed by atoms with E-state index in [1.165, 1.54) is 12.1 Å². The number of benzene rings is 1. The number of hydrogen-bond acceptors (Lipinski definition) is 3. The molecule has 0 aromatic heterocycles. The van der Waals surface area contributed by atoms with Gasteiger partial charge in [-0.2, -0.15) is 0 Å². The Morgan fingerprint density at radius 3 is 2.50 bits per heavy atom. The van der Waals surface area contributed by atoms with Gasteiger partial charge in [0, 0.05) is 17.6 Å². The molecule has 0 unspecified atom stereocenters. The highest BCUT2D eigenvalue weighted by molar-refractivity contribution is 9.10. The van der Waals surface area contributed by atoms with Gasteiger partial charge in [-0.3, -0.25) is 0 Å². The molecular weight excluding hydrogens is 339 g/mol. The van der Waals surface area contributed by atoms with Gasteiger partial charge < -0.3 is 5.73 Å². The van der Waals surface area contributed by atoms with E-state index >= 15 is 0 Å². The van der Waals surface area contributed by atoms with Gasteiger partial charge in [-0.1, -0.05) is 23.2 Å². The molecule has 16 heavy (non-hydrogen) atoms. The fourth-order valence-electron chi connectivity index (χ4n) is 0.987. The molecule has 0 heterocycles. The largest absolute Gasteiger partial charge is 0.329 e. The van der Waals surface area contributed by atoms with Crippen molar-refractivity contribution in [1.29, 1.82) is 0 Å². The van der Waals surface area contributed by atoms with Crippen LogP contribution >= 0.6 is 39.1 Å². The number of hydrogen-bond donors (Lipinski definition) is 2. The first-order chi connectivity index (χ1) is 7.40. The van der Waals surface area contributed by atoms with Gasteiger partial charge in [-0.25, -0.2) is 13.1 Å². The highest BCUT2D eigenvalue weighted by atomic mass is 79.9. The van der Waals surface area contributed by atoms with E-state index in [9.17, 15) is 8.42 Å². The van der Waals surface area contributed by atoms with Crippen LogP contribution in [0.4, 0.5) is 0 Å². The van der Waals surface area contributed by atoms with Crippen LogP contribution in [0.2, 0.25) is 10.0 Å². The standard InChI is InChI=1S/C8H9BrCl2N2O2S/c9-5-1-2-6(8(11)7(5)10)16(14,15)13-4-3-12/h1-2,13H,3-4,12H2. The molecule has 1 rings (SSSR count). The molecule has 1 aromatic carbocycles. The third kappa shape index (κ3) is 3.09. The maximum Gasteiger partial charge on any atom is 0.242 e. The quantitative estimate of drug-likeness (QED) is 0.818. The average Bonchev–Trinajstić information content (AvgIpc) is 2.23. The lowest BCUT2D eigenvalue weighted by Gasteiger charge is -2.09. The second-order valence-electron chi connectivity index (χ2n) is 2.86. The Morgan fingerprint density at radius 2 is 1.94 bits per heavy atom. The van der Waals surface area contributed by atoms with Crippen molar-refractivity contribution in [2.75, 3.05) is 13.1 Å². The van der Waals surface area contributed by atoms with Crippen LogP contribution < -0.4 is 10.5 Å². The summed E-state index contributed by atoms with van der Waals surface area (Å²) in [7, 11) is -3.66. The summed E-state index contributed by atoms with van der Waals surface area (Å²) in [6, 6.07) is 2.89. The minimum absolute atomic E-state index is 0.0134. The van der Waals surface area contributed by atoms with Gasteiger partial charge in [0.05, 0.1) is 10.0 Å². The zero-order chi connectivity index (χ0) is 12.3. The normalized spacial score (nSPS) is 11.8. The maximum atomic E-state index is 11.8. The molecule has 0 saturated heterocycles. The van der Waals surface area contributed by atoms with Crippen LogP contribution in [0.3, 0.4) is 0 Å². The SMILES string of the molecule is NCCNS(=O)(=O)c1ccc(Br)c(Cl)c1Cl. The molecule has 0 aliphatic heterocycles. The Kier molecular flexibility index (Phi) is 5.03. The van der Waals surface area contributed by atoms with Crippen LogP contribution in [0, 0.1) is 0 Å². The molecular formula is C8H9BrCl2N2O2S. The van der Waals surface area contributed by atoms with Crippen LogP contribution in [0.25, 0.3) is 0 Å². The van der Waals surface area contributed by atoms with E-state index in [1.54, 1.807) is 0 Å². The second kappa shape index (κ2) is 5.66. The fourth-order valence-corrected chi connectivity index (χ4v) is 3.25. The Balaban J connectivity index is 3.19. The van der Waals surface area contributed by atoms with E-state index in [1.807, 2.05) is 0 Å². The Hall–Kier alpha value is 0.150. The molecule has 4 nitrogen and oxygen atoms in total. The summed E-state index contributed by atoms with van der Waals surface area (Å²) in [5.41, 5.74) is 5.21. The van der Waals surface area contributed by atoms with Gasteiger partial charge in [0.25, 0.3) is 0 Å². The predicted octanol–water partition coefficient (Wildman–Crippen LogP) is 1.99. The van der Waals surface area contributed by atoms with Crippen LogP contribution in [-0.4, -0.2) is 21.5 Å². The van der Waals surface area contributed by atoms with E-state index in [-0.39, 0.29) is 28.0 Å². The minimum atomic E-state index is -3.66. The van der Waals surface area contributed by atoms with Crippen molar-refractivity contribution in [2.24, 2.45) is 5.73 Å². The molecule has 0 spiro atoms. The van der Waals surface area contributed by atoms with Crippen molar-refractivity contribution in [3.8, 4) is 0 Å². The molecule has 1 aromatic rings. The van der Waals surface area contributed by atoms with Gasteiger partial charge in [0.2, 0.25) is 10.0 Å². The molecule has 0 fully saturated rings. The smallest absolute Gasteiger partial charge is 0.242 e. The number of sulfonamides is 1. The van der Waals surface area contributed by atoms with Crippen LogP contribution in [0.1, 0.15) is 0 Å². The van der Waals surface area contributed by atoms with E-state index < -0.39 is 10.0 Å². The average molecular weight is 348 g/mol. The zero-order valence-corrected chi connectivity index (χ0v) is 11.9. The van der Waals surface area contributed by atoms with E-state index in [0.717, 1.165) is 0 Å². The summed E-state index contributed by atoms with van der Waals surface area (Å²) in [6.07, 6.45) is 0. The summed E-state index contributed by atoms with van der Waals surface area (Å²) in [5, 5.41) is 0.151. The Labute approximate surface area is 112 Å². The summed E-state index contributed by atoms with van der Waals surface area (Å²) < 4.78 is 26.3. The number of nitrogens with two attached hydrogens (primary N) is 1. The van der Waals surface area contributed by atoms with Gasteiger partial charge in [0.1, 0.15) is 4.90 Å². The summed E-state index contributed by atoms with van der Waals surface area (Å²) in [6.45, 7) is 0.355. The lowest BCUT2D eigenvalue weighted by atomic mass is 10.4. The first-order valence-electron chi connectivity index (χ1n) is 4.23. The lowest BCUT2D eigenvalue weighted by molar-refractivity contribution is 0.582. The van der Waals surface area contributed by atoms with Crippen molar-refractivity contribution in [3.63, 3.8) is 0 Å². The number of nitrogens with one attached hydrogen (secondary N) is 1. The van der Waals surface area contributed by atoms with Gasteiger partial charge in [-0.05, 0) is 28.1 Å². The first-order valence-corrected chi connectivity index (χ1v) is 7.26. The van der Waals surface area contributed by atoms with Crippen LogP contribution in [0.15, 0.2) is 21.5 Å². The summed E-state index contributed by atoms with van der Waals surface area (Å²) in [5.74, 6) is 0. The third-order valence-corrected chi connectivity index (χ3v) is 5.11. The molecule has 90 valence electrons.